The fourth-order valence-corrected chi connectivity index (χ4v) is 2.72. The highest BCUT2D eigenvalue weighted by Crippen LogP contribution is 2.26. The summed E-state index contributed by atoms with van der Waals surface area (Å²) < 4.78 is 1.44. The van der Waals surface area contributed by atoms with Crippen LogP contribution in [-0.4, -0.2) is 55.9 Å². The summed E-state index contributed by atoms with van der Waals surface area (Å²) in [4.78, 5) is 13.0. The van der Waals surface area contributed by atoms with E-state index in [-0.39, 0.29) is 0 Å². The summed E-state index contributed by atoms with van der Waals surface area (Å²) in [7, 11) is 3.99. The highest BCUT2D eigenvalue weighted by Gasteiger charge is 2.23. The monoisotopic (exact) mass is 297 g/mol. The van der Waals surface area contributed by atoms with Crippen molar-refractivity contribution in [3.8, 4) is 0 Å². The summed E-state index contributed by atoms with van der Waals surface area (Å²) in [5.74, 6) is 1.80. The molecule has 0 amide bonds. The Morgan fingerprint density at radius 2 is 2.09 bits per heavy atom. The summed E-state index contributed by atoms with van der Waals surface area (Å²) in [5.41, 5.74) is 2.90. The molecule has 0 saturated heterocycles. The Labute approximate surface area is 126 Å². The third-order valence-electron chi connectivity index (χ3n) is 3.78. The molecule has 0 fully saturated rings. The molecular formula is C13H15N9. The molecule has 0 aliphatic carbocycles. The first-order chi connectivity index (χ1) is 10.7. The number of hydrogen-bond donors (Lipinski definition) is 0. The van der Waals surface area contributed by atoms with Crippen molar-refractivity contribution in [2.24, 2.45) is 0 Å². The summed E-state index contributed by atoms with van der Waals surface area (Å²) >= 11 is 0. The van der Waals surface area contributed by atoms with E-state index in [1.165, 1.54) is 4.63 Å². The second kappa shape index (κ2) is 4.86. The normalized spacial score (nSPS) is 14.2. The van der Waals surface area contributed by atoms with Gasteiger partial charge in [0.1, 0.15) is 12.1 Å². The molecule has 9 heteroatoms. The molecule has 4 heterocycles. The Morgan fingerprint density at radius 3 is 2.95 bits per heavy atom. The second-order valence-corrected chi connectivity index (χ2v) is 5.41. The van der Waals surface area contributed by atoms with E-state index in [0.29, 0.717) is 5.65 Å². The van der Waals surface area contributed by atoms with Crippen LogP contribution in [0.15, 0.2) is 18.5 Å². The first-order valence-corrected chi connectivity index (χ1v) is 7.03. The van der Waals surface area contributed by atoms with Crippen LogP contribution >= 0.6 is 0 Å². The van der Waals surface area contributed by atoms with Crippen molar-refractivity contribution in [1.82, 2.24) is 35.2 Å². The van der Waals surface area contributed by atoms with E-state index in [1.807, 2.05) is 31.1 Å². The molecule has 0 unspecified atom stereocenters. The predicted molar refractivity (Wildman–Crippen MR) is 79.7 cm³/mol. The molecule has 0 atom stereocenters. The number of fused-ring (bicyclic) bond motifs is 2. The quantitative estimate of drug-likeness (QED) is 0.650. The third-order valence-corrected chi connectivity index (χ3v) is 3.78. The maximum Gasteiger partial charge on any atom is 0.200 e. The van der Waals surface area contributed by atoms with E-state index < -0.39 is 0 Å². The van der Waals surface area contributed by atoms with E-state index in [0.717, 1.165) is 42.4 Å². The lowest BCUT2D eigenvalue weighted by atomic mass is 10.1. The van der Waals surface area contributed by atoms with Crippen LogP contribution in [0.4, 0.5) is 11.6 Å². The van der Waals surface area contributed by atoms with Crippen molar-refractivity contribution in [3.63, 3.8) is 0 Å². The molecule has 22 heavy (non-hydrogen) atoms. The van der Waals surface area contributed by atoms with Gasteiger partial charge in [-0.1, -0.05) is 0 Å². The molecule has 0 saturated carbocycles. The number of hydrogen-bond acceptors (Lipinski definition) is 8. The zero-order valence-electron chi connectivity index (χ0n) is 12.4. The molecule has 0 bridgehead atoms. The van der Waals surface area contributed by atoms with Gasteiger partial charge in [-0.15, -0.1) is 14.8 Å². The zero-order chi connectivity index (χ0) is 15.1. The van der Waals surface area contributed by atoms with Gasteiger partial charge in [-0.2, -0.15) is 0 Å². The average molecular weight is 297 g/mol. The fraction of sp³-hybridized carbons (Fsp3) is 0.385. The molecule has 0 spiro atoms. The van der Waals surface area contributed by atoms with Crippen LogP contribution < -0.4 is 9.80 Å². The van der Waals surface area contributed by atoms with Gasteiger partial charge in [0.2, 0.25) is 0 Å². The summed E-state index contributed by atoms with van der Waals surface area (Å²) in [5, 5.41) is 15.8. The minimum Gasteiger partial charge on any atom is -0.362 e. The lowest BCUT2D eigenvalue weighted by molar-refractivity contribution is 0.666. The average Bonchev–Trinajstić information content (AvgIpc) is 3.01. The molecule has 4 rings (SSSR count). The van der Waals surface area contributed by atoms with Crippen LogP contribution in [0.25, 0.3) is 5.65 Å². The van der Waals surface area contributed by atoms with E-state index in [9.17, 15) is 0 Å². The minimum atomic E-state index is 0.637. The Hall–Kier alpha value is -2.84. The lowest BCUT2D eigenvalue weighted by Gasteiger charge is -2.30. The van der Waals surface area contributed by atoms with Gasteiger partial charge in [-0.3, -0.25) is 0 Å². The van der Waals surface area contributed by atoms with E-state index in [2.05, 4.69) is 35.5 Å². The number of anilines is 2. The molecule has 1 aliphatic heterocycles. The van der Waals surface area contributed by atoms with Crippen molar-refractivity contribution in [1.29, 1.82) is 0 Å². The van der Waals surface area contributed by atoms with Crippen LogP contribution in [0, 0.1) is 0 Å². The molecule has 0 aromatic carbocycles. The summed E-state index contributed by atoms with van der Waals surface area (Å²) in [6.45, 7) is 1.59. The smallest absolute Gasteiger partial charge is 0.200 e. The van der Waals surface area contributed by atoms with Crippen LogP contribution in [-0.2, 0) is 13.0 Å². The lowest BCUT2D eigenvalue weighted by Crippen LogP contribution is -2.33. The molecule has 9 nitrogen and oxygen atoms in total. The van der Waals surface area contributed by atoms with Gasteiger partial charge in [-0.25, -0.2) is 9.97 Å². The fourth-order valence-electron chi connectivity index (χ4n) is 2.72. The predicted octanol–water partition coefficient (Wildman–Crippen LogP) is -0.0620. The number of nitrogens with zero attached hydrogens (tertiary/aromatic N) is 9. The Kier molecular flexibility index (Phi) is 2.84. The Balaban J connectivity index is 1.71. The van der Waals surface area contributed by atoms with Crippen LogP contribution in [0.2, 0.25) is 0 Å². The highest BCUT2D eigenvalue weighted by atomic mass is 15.6. The number of aromatic nitrogens is 7. The van der Waals surface area contributed by atoms with Gasteiger partial charge in [0.15, 0.2) is 11.5 Å². The topological polar surface area (TPSA) is 88.2 Å². The first-order valence-electron chi connectivity index (χ1n) is 7.03. The van der Waals surface area contributed by atoms with Crippen molar-refractivity contribution >= 4 is 17.3 Å². The standard InChI is InChI=1S/C13H15N9/c1-20(2)13-9-7-21(6-5-10(9)14-8-15-13)12-4-3-11-16-18-19-22(11)17-12/h3-4,8H,5-7H2,1-2H3. The highest BCUT2D eigenvalue weighted by molar-refractivity contribution is 5.53. The largest absolute Gasteiger partial charge is 0.362 e. The molecule has 3 aromatic rings. The van der Waals surface area contributed by atoms with Crippen molar-refractivity contribution in [3.05, 3.63) is 29.7 Å². The molecular weight excluding hydrogens is 282 g/mol. The van der Waals surface area contributed by atoms with E-state index in [1.54, 1.807) is 6.33 Å². The van der Waals surface area contributed by atoms with Crippen LogP contribution in [0.1, 0.15) is 11.3 Å². The van der Waals surface area contributed by atoms with Gasteiger partial charge in [-0.05, 0) is 22.6 Å². The molecule has 0 N–H and O–H groups in total. The summed E-state index contributed by atoms with van der Waals surface area (Å²) in [6.07, 6.45) is 2.50. The Morgan fingerprint density at radius 1 is 1.18 bits per heavy atom. The Bertz CT molecular complexity index is 825. The summed E-state index contributed by atoms with van der Waals surface area (Å²) in [6, 6.07) is 3.81. The van der Waals surface area contributed by atoms with E-state index in [4.69, 9.17) is 0 Å². The maximum absolute atomic E-state index is 4.46. The third kappa shape index (κ3) is 2.01. The maximum atomic E-state index is 4.46. The molecule has 1 aliphatic rings. The zero-order valence-corrected chi connectivity index (χ0v) is 12.4. The molecule has 0 radical (unpaired) electrons. The van der Waals surface area contributed by atoms with Gasteiger partial charge >= 0.3 is 0 Å². The van der Waals surface area contributed by atoms with Crippen LogP contribution in [0.3, 0.4) is 0 Å². The second-order valence-electron chi connectivity index (χ2n) is 5.41. The van der Waals surface area contributed by atoms with E-state index >= 15 is 0 Å². The van der Waals surface area contributed by atoms with Gasteiger partial charge in [0.05, 0.1) is 5.69 Å². The number of rotatable bonds is 2. The molecule has 3 aromatic heterocycles. The van der Waals surface area contributed by atoms with Crippen molar-refractivity contribution < 1.29 is 0 Å². The van der Waals surface area contributed by atoms with Crippen molar-refractivity contribution in [2.75, 3.05) is 30.4 Å². The first kappa shape index (κ1) is 12.9. The van der Waals surface area contributed by atoms with Gasteiger partial charge < -0.3 is 9.80 Å². The minimum absolute atomic E-state index is 0.637. The van der Waals surface area contributed by atoms with Crippen molar-refractivity contribution in [2.45, 2.75) is 13.0 Å². The molecule has 112 valence electrons. The van der Waals surface area contributed by atoms with Gasteiger partial charge in [0, 0.05) is 39.2 Å². The van der Waals surface area contributed by atoms with Crippen LogP contribution in [0.5, 0.6) is 0 Å². The van der Waals surface area contributed by atoms with Gasteiger partial charge in [0.25, 0.3) is 0 Å². The SMILES string of the molecule is CN(C)c1ncnc2c1CN(c1ccc3nnnn3n1)CC2. The number of tetrazole rings is 1.